The smallest absolute Gasteiger partial charge is 0.252 e. The molecule has 0 aliphatic carbocycles. The quantitative estimate of drug-likeness (QED) is 0.869. The molecular formula is C13H23Cl2N3O2S. The van der Waals surface area contributed by atoms with Crippen molar-refractivity contribution >= 4 is 42.1 Å². The van der Waals surface area contributed by atoms with Crippen molar-refractivity contribution in [1.82, 2.24) is 15.6 Å². The third-order valence-corrected chi connectivity index (χ3v) is 4.72. The summed E-state index contributed by atoms with van der Waals surface area (Å²) in [4.78, 5) is 16.9. The minimum Gasteiger partial charge on any atom is -0.368 e. The molecular weight excluding hydrogens is 333 g/mol. The van der Waals surface area contributed by atoms with E-state index in [4.69, 9.17) is 4.74 Å². The summed E-state index contributed by atoms with van der Waals surface area (Å²) >= 11 is 1.57. The van der Waals surface area contributed by atoms with Crippen molar-refractivity contribution in [3.8, 4) is 0 Å². The Labute approximate surface area is 142 Å². The molecule has 0 bridgehead atoms. The Morgan fingerprint density at radius 3 is 2.57 bits per heavy atom. The van der Waals surface area contributed by atoms with Crippen molar-refractivity contribution in [2.45, 2.75) is 38.3 Å². The molecule has 1 aromatic heterocycles. The molecule has 2 heterocycles. The Bertz CT molecular complexity index is 450. The molecule has 1 aliphatic rings. The first-order valence-electron chi connectivity index (χ1n) is 6.56. The van der Waals surface area contributed by atoms with Gasteiger partial charge in [0.2, 0.25) is 0 Å². The van der Waals surface area contributed by atoms with E-state index in [0.29, 0.717) is 12.8 Å². The van der Waals surface area contributed by atoms with Crippen molar-refractivity contribution in [2.75, 3.05) is 20.2 Å². The van der Waals surface area contributed by atoms with Crippen LogP contribution in [0.5, 0.6) is 0 Å². The number of amides is 1. The zero-order chi connectivity index (χ0) is 13.9. The Hall–Kier alpha value is -0.400. The van der Waals surface area contributed by atoms with Crippen molar-refractivity contribution in [3.05, 3.63) is 16.1 Å². The van der Waals surface area contributed by atoms with Crippen molar-refractivity contribution in [1.29, 1.82) is 0 Å². The van der Waals surface area contributed by atoms with E-state index in [9.17, 15) is 4.79 Å². The molecule has 2 rings (SSSR count). The van der Waals surface area contributed by atoms with Crippen LogP contribution in [0.3, 0.4) is 0 Å². The van der Waals surface area contributed by atoms with Gasteiger partial charge in [-0.1, -0.05) is 0 Å². The van der Waals surface area contributed by atoms with Crippen LogP contribution in [0.1, 0.15) is 36.5 Å². The van der Waals surface area contributed by atoms with E-state index in [2.05, 4.69) is 15.6 Å². The normalized spacial score (nSPS) is 18.0. The third kappa shape index (κ3) is 4.79. The second kappa shape index (κ2) is 8.90. The van der Waals surface area contributed by atoms with E-state index in [1.165, 1.54) is 0 Å². The van der Waals surface area contributed by atoms with E-state index in [0.717, 1.165) is 23.8 Å². The monoisotopic (exact) mass is 355 g/mol. The van der Waals surface area contributed by atoms with Gasteiger partial charge in [-0.3, -0.25) is 4.79 Å². The number of rotatable bonds is 4. The molecule has 1 amide bonds. The number of ether oxygens (including phenoxy) is 1. The molecule has 5 nitrogen and oxygen atoms in total. The van der Waals surface area contributed by atoms with Crippen LogP contribution in [0, 0.1) is 6.92 Å². The molecule has 0 spiro atoms. The summed E-state index contributed by atoms with van der Waals surface area (Å²) in [5, 5.41) is 9.20. The first-order valence-corrected chi connectivity index (χ1v) is 7.44. The zero-order valence-corrected chi connectivity index (χ0v) is 14.9. The first kappa shape index (κ1) is 20.6. The van der Waals surface area contributed by atoms with Crippen molar-refractivity contribution < 1.29 is 9.53 Å². The minimum absolute atomic E-state index is 0. The molecule has 0 saturated carbocycles. The summed E-state index contributed by atoms with van der Waals surface area (Å²) in [7, 11) is 1.61. The number of hydrogen-bond donors (Lipinski definition) is 2. The number of hydrogen-bond acceptors (Lipinski definition) is 5. The fourth-order valence-electron chi connectivity index (χ4n) is 2.32. The van der Waals surface area contributed by atoms with Crippen molar-refractivity contribution in [2.24, 2.45) is 0 Å². The lowest BCUT2D eigenvalue weighted by molar-refractivity contribution is -0.147. The summed E-state index contributed by atoms with van der Waals surface area (Å²) in [6.45, 7) is 5.54. The second-order valence-electron chi connectivity index (χ2n) is 4.97. The van der Waals surface area contributed by atoms with Crippen molar-refractivity contribution in [3.63, 3.8) is 0 Å². The predicted octanol–water partition coefficient (Wildman–Crippen LogP) is 2.24. The number of aromatic nitrogens is 1. The molecule has 1 aliphatic heterocycles. The lowest BCUT2D eigenvalue weighted by atomic mass is 9.91. The SMILES string of the molecule is COC1(C(=O)NC(C)c2nc(C)cs2)CCNCC1.Cl.Cl. The molecule has 2 N–H and O–H groups in total. The summed E-state index contributed by atoms with van der Waals surface area (Å²) < 4.78 is 5.51. The molecule has 21 heavy (non-hydrogen) atoms. The predicted molar refractivity (Wildman–Crippen MR) is 89.7 cm³/mol. The van der Waals surface area contributed by atoms with Gasteiger partial charge in [0.1, 0.15) is 10.6 Å². The highest BCUT2D eigenvalue weighted by Crippen LogP contribution is 2.25. The Kier molecular flexibility index (Phi) is 8.73. The maximum atomic E-state index is 12.5. The molecule has 1 aromatic rings. The molecule has 8 heteroatoms. The fraction of sp³-hybridized carbons (Fsp3) is 0.692. The van der Waals surface area contributed by atoms with Gasteiger partial charge in [0.25, 0.3) is 5.91 Å². The average molecular weight is 356 g/mol. The average Bonchev–Trinajstić information content (AvgIpc) is 2.86. The third-order valence-electron chi connectivity index (χ3n) is 3.57. The number of carbonyl (C=O) groups excluding carboxylic acids is 1. The standard InChI is InChI=1S/C13H21N3O2S.2ClH/c1-9-8-19-11(15-9)10(2)16-12(17)13(18-3)4-6-14-7-5-13;;/h8,10,14H,4-7H2,1-3H3,(H,16,17);2*1H. The van der Waals surface area contributed by atoms with Gasteiger partial charge in [-0.2, -0.15) is 0 Å². The highest BCUT2D eigenvalue weighted by molar-refractivity contribution is 7.09. The van der Waals surface area contributed by atoms with Crippen LogP contribution in [0.2, 0.25) is 0 Å². The molecule has 1 saturated heterocycles. The molecule has 0 aromatic carbocycles. The van der Waals surface area contributed by atoms with Crippen LogP contribution in [0.25, 0.3) is 0 Å². The zero-order valence-electron chi connectivity index (χ0n) is 12.5. The summed E-state index contributed by atoms with van der Waals surface area (Å²) in [6.07, 6.45) is 1.41. The second-order valence-corrected chi connectivity index (χ2v) is 5.86. The Morgan fingerprint density at radius 1 is 1.48 bits per heavy atom. The summed E-state index contributed by atoms with van der Waals surface area (Å²) in [5.41, 5.74) is 0.302. The number of carbonyl (C=O) groups is 1. The van der Waals surface area contributed by atoms with Crippen LogP contribution in [0.4, 0.5) is 0 Å². The maximum absolute atomic E-state index is 12.5. The van der Waals surface area contributed by atoms with Crippen LogP contribution < -0.4 is 10.6 Å². The highest BCUT2D eigenvalue weighted by Gasteiger charge is 2.40. The van der Waals surface area contributed by atoms with E-state index in [1.807, 2.05) is 19.2 Å². The molecule has 122 valence electrons. The molecule has 0 radical (unpaired) electrons. The number of aryl methyl sites for hydroxylation is 1. The van der Waals surface area contributed by atoms with E-state index in [-0.39, 0.29) is 36.8 Å². The number of nitrogens with one attached hydrogen (secondary N) is 2. The molecule has 1 unspecified atom stereocenters. The first-order chi connectivity index (χ1) is 9.07. The lowest BCUT2D eigenvalue weighted by Gasteiger charge is -2.35. The summed E-state index contributed by atoms with van der Waals surface area (Å²) in [6, 6.07) is -0.0758. The van der Waals surface area contributed by atoms with E-state index < -0.39 is 5.60 Å². The van der Waals surface area contributed by atoms with E-state index >= 15 is 0 Å². The van der Waals surface area contributed by atoms with Crippen LogP contribution >= 0.6 is 36.2 Å². The van der Waals surface area contributed by atoms with Gasteiger partial charge in [0, 0.05) is 18.2 Å². The van der Waals surface area contributed by atoms with Gasteiger partial charge in [-0.15, -0.1) is 36.2 Å². The Balaban J connectivity index is 0.00000200. The number of thiazole rings is 1. The van der Waals surface area contributed by atoms with Crippen LogP contribution in [-0.4, -0.2) is 36.7 Å². The van der Waals surface area contributed by atoms with Crippen LogP contribution in [-0.2, 0) is 9.53 Å². The number of halogens is 2. The number of piperidine rings is 1. The van der Waals surface area contributed by atoms with Gasteiger partial charge in [-0.25, -0.2) is 4.98 Å². The van der Waals surface area contributed by atoms with Gasteiger partial charge in [-0.05, 0) is 39.8 Å². The summed E-state index contributed by atoms with van der Waals surface area (Å²) in [5.74, 6) is -0.0307. The number of nitrogens with zero attached hydrogens (tertiary/aromatic N) is 1. The van der Waals surface area contributed by atoms with Gasteiger partial charge < -0.3 is 15.4 Å². The lowest BCUT2D eigenvalue weighted by Crippen LogP contribution is -2.54. The van der Waals surface area contributed by atoms with Gasteiger partial charge in [0.05, 0.1) is 6.04 Å². The molecule has 1 fully saturated rings. The topological polar surface area (TPSA) is 63.2 Å². The molecule has 1 atom stereocenters. The van der Waals surface area contributed by atoms with Gasteiger partial charge in [0.15, 0.2) is 0 Å². The largest absolute Gasteiger partial charge is 0.368 e. The minimum atomic E-state index is -0.689. The van der Waals surface area contributed by atoms with Gasteiger partial charge >= 0.3 is 0 Å². The highest BCUT2D eigenvalue weighted by atomic mass is 35.5. The Morgan fingerprint density at radius 2 is 2.10 bits per heavy atom. The maximum Gasteiger partial charge on any atom is 0.252 e. The van der Waals surface area contributed by atoms with E-state index in [1.54, 1.807) is 18.4 Å². The number of methoxy groups -OCH3 is 1. The van der Waals surface area contributed by atoms with Crippen LogP contribution in [0.15, 0.2) is 5.38 Å². The fourth-order valence-corrected chi connectivity index (χ4v) is 3.12.